The second kappa shape index (κ2) is 5.25. The molecule has 1 aromatic heterocycles. The van der Waals surface area contributed by atoms with E-state index in [0.29, 0.717) is 15.7 Å². The zero-order valence-corrected chi connectivity index (χ0v) is 10.5. The number of nitrogens with zero attached hydrogens (tertiary/aromatic N) is 1. The Labute approximate surface area is 113 Å². The summed E-state index contributed by atoms with van der Waals surface area (Å²) < 4.78 is 0. The Morgan fingerprint density at radius 1 is 1.22 bits per heavy atom. The maximum Gasteiger partial charge on any atom is 0.257 e. The molecule has 0 unspecified atom stereocenters. The Balaban J connectivity index is 2.21. The van der Waals surface area contributed by atoms with Crippen molar-refractivity contribution in [2.24, 2.45) is 0 Å². The van der Waals surface area contributed by atoms with E-state index in [1.165, 1.54) is 24.5 Å². The van der Waals surface area contributed by atoms with Gasteiger partial charge in [-0.15, -0.1) is 0 Å². The molecular weight excluding hydrogens is 275 g/mol. The van der Waals surface area contributed by atoms with Crippen LogP contribution >= 0.6 is 23.2 Å². The highest BCUT2D eigenvalue weighted by Gasteiger charge is 2.09. The lowest BCUT2D eigenvalue weighted by Gasteiger charge is -2.07. The second-order valence-electron chi connectivity index (χ2n) is 3.51. The van der Waals surface area contributed by atoms with Crippen LogP contribution in [0.1, 0.15) is 10.4 Å². The highest BCUT2D eigenvalue weighted by Crippen LogP contribution is 2.25. The molecule has 0 radical (unpaired) electrons. The standard InChI is InChI=1S/C12H8Cl2N2O2/c13-8-1-2-11(10(14)4-8)16-12(18)7-3-9(17)6-15-5-7/h1-6,17H,(H,16,18). The van der Waals surface area contributed by atoms with Gasteiger partial charge in [-0.25, -0.2) is 0 Å². The number of rotatable bonds is 2. The molecule has 0 aliphatic carbocycles. The Kier molecular flexibility index (Phi) is 3.69. The molecule has 0 saturated heterocycles. The van der Waals surface area contributed by atoms with Crippen molar-refractivity contribution in [2.75, 3.05) is 5.32 Å². The number of anilines is 1. The number of benzene rings is 1. The van der Waals surface area contributed by atoms with E-state index in [-0.39, 0.29) is 11.3 Å². The summed E-state index contributed by atoms with van der Waals surface area (Å²) in [4.78, 5) is 15.6. The summed E-state index contributed by atoms with van der Waals surface area (Å²) in [5, 5.41) is 12.7. The third-order valence-corrected chi connectivity index (χ3v) is 2.71. The van der Waals surface area contributed by atoms with Crippen LogP contribution in [0.3, 0.4) is 0 Å². The van der Waals surface area contributed by atoms with E-state index in [4.69, 9.17) is 23.2 Å². The van der Waals surface area contributed by atoms with Gasteiger partial charge in [-0.1, -0.05) is 23.2 Å². The highest BCUT2D eigenvalue weighted by molar-refractivity contribution is 6.36. The molecule has 2 aromatic rings. The van der Waals surface area contributed by atoms with E-state index >= 15 is 0 Å². The van der Waals surface area contributed by atoms with E-state index in [1.807, 2.05) is 0 Å². The molecule has 0 aliphatic rings. The van der Waals surface area contributed by atoms with Crippen LogP contribution < -0.4 is 5.32 Å². The van der Waals surface area contributed by atoms with Crippen molar-refractivity contribution in [3.05, 3.63) is 52.3 Å². The smallest absolute Gasteiger partial charge is 0.257 e. The van der Waals surface area contributed by atoms with Crippen LogP contribution in [0.25, 0.3) is 0 Å². The molecule has 0 saturated carbocycles. The first-order chi connectivity index (χ1) is 8.56. The lowest BCUT2D eigenvalue weighted by Crippen LogP contribution is -2.12. The summed E-state index contributed by atoms with van der Waals surface area (Å²) in [5.41, 5.74) is 0.676. The van der Waals surface area contributed by atoms with Crippen molar-refractivity contribution in [1.82, 2.24) is 4.98 Å². The van der Waals surface area contributed by atoms with Crippen molar-refractivity contribution < 1.29 is 9.90 Å². The molecule has 0 fully saturated rings. The fourth-order valence-electron chi connectivity index (χ4n) is 1.34. The molecule has 92 valence electrons. The summed E-state index contributed by atoms with van der Waals surface area (Å²) in [6.45, 7) is 0. The minimum atomic E-state index is -0.414. The van der Waals surface area contributed by atoms with Crippen LogP contribution in [0.5, 0.6) is 5.75 Å². The van der Waals surface area contributed by atoms with E-state index < -0.39 is 5.91 Å². The summed E-state index contributed by atoms with van der Waals surface area (Å²) in [7, 11) is 0. The number of aromatic hydroxyl groups is 1. The molecule has 0 atom stereocenters. The Bertz CT molecular complexity index is 602. The molecule has 18 heavy (non-hydrogen) atoms. The zero-order chi connectivity index (χ0) is 13.1. The first-order valence-electron chi connectivity index (χ1n) is 4.96. The van der Waals surface area contributed by atoms with E-state index in [2.05, 4.69) is 10.3 Å². The van der Waals surface area contributed by atoms with Gasteiger partial charge in [0.1, 0.15) is 5.75 Å². The second-order valence-corrected chi connectivity index (χ2v) is 4.35. The number of carbonyl (C=O) groups excluding carboxylic acids is 1. The number of nitrogens with one attached hydrogen (secondary N) is 1. The highest BCUT2D eigenvalue weighted by atomic mass is 35.5. The van der Waals surface area contributed by atoms with Crippen LogP contribution in [0.4, 0.5) is 5.69 Å². The van der Waals surface area contributed by atoms with Crippen molar-refractivity contribution in [3.8, 4) is 5.75 Å². The summed E-state index contributed by atoms with van der Waals surface area (Å²) >= 11 is 11.7. The van der Waals surface area contributed by atoms with E-state index in [0.717, 1.165) is 0 Å². The molecule has 2 N–H and O–H groups in total. The molecular formula is C12H8Cl2N2O2. The number of hydrogen-bond acceptors (Lipinski definition) is 3. The van der Waals surface area contributed by atoms with Gasteiger partial charge in [0.25, 0.3) is 5.91 Å². The normalized spacial score (nSPS) is 10.1. The largest absolute Gasteiger partial charge is 0.506 e. The lowest BCUT2D eigenvalue weighted by atomic mass is 10.2. The van der Waals surface area contributed by atoms with E-state index in [1.54, 1.807) is 12.1 Å². The molecule has 4 nitrogen and oxygen atoms in total. The van der Waals surface area contributed by atoms with Crippen LogP contribution in [-0.2, 0) is 0 Å². The topological polar surface area (TPSA) is 62.2 Å². The molecule has 1 aromatic carbocycles. The monoisotopic (exact) mass is 282 g/mol. The number of pyridine rings is 1. The first-order valence-corrected chi connectivity index (χ1v) is 5.72. The third-order valence-electron chi connectivity index (χ3n) is 2.17. The van der Waals surface area contributed by atoms with Crippen molar-refractivity contribution in [1.29, 1.82) is 0 Å². The van der Waals surface area contributed by atoms with Crippen molar-refractivity contribution in [3.63, 3.8) is 0 Å². The summed E-state index contributed by atoms with van der Waals surface area (Å²) in [6.07, 6.45) is 2.59. The maximum atomic E-state index is 11.8. The van der Waals surface area contributed by atoms with Crippen LogP contribution in [0, 0.1) is 0 Å². The van der Waals surface area contributed by atoms with Crippen LogP contribution in [0.15, 0.2) is 36.7 Å². The molecule has 2 rings (SSSR count). The summed E-state index contributed by atoms with van der Waals surface area (Å²) in [5.74, 6) is -0.493. The molecule has 1 amide bonds. The molecule has 0 aliphatic heterocycles. The number of carbonyl (C=O) groups is 1. The van der Waals surface area contributed by atoms with Gasteiger partial charge in [0.05, 0.1) is 22.5 Å². The average molecular weight is 283 g/mol. The summed E-state index contributed by atoms with van der Waals surface area (Å²) in [6, 6.07) is 6.05. The van der Waals surface area contributed by atoms with Crippen LogP contribution in [0.2, 0.25) is 10.0 Å². The van der Waals surface area contributed by atoms with Gasteiger partial charge in [-0.3, -0.25) is 9.78 Å². The van der Waals surface area contributed by atoms with Crippen molar-refractivity contribution >= 4 is 34.8 Å². The number of hydrogen-bond donors (Lipinski definition) is 2. The molecule has 0 spiro atoms. The minimum Gasteiger partial charge on any atom is -0.506 e. The van der Waals surface area contributed by atoms with Gasteiger partial charge in [0.2, 0.25) is 0 Å². The molecule has 1 heterocycles. The predicted octanol–water partition coefficient (Wildman–Crippen LogP) is 3.35. The SMILES string of the molecule is O=C(Nc1ccc(Cl)cc1Cl)c1cncc(O)c1. The van der Waals surface area contributed by atoms with Gasteiger partial charge in [0, 0.05) is 11.2 Å². The first kappa shape index (κ1) is 12.7. The number of amides is 1. The van der Waals surface area contributed by atoms with Gasteiger partial charge in [-0.05, 0) is 24.3 Å². The van der Waals surface area contributed by atoms with Crippen molar-refractivity contribution in [2.45, 2.75) is 0 Å². The van der Waals surface area contributed by atoms with Crippen LogP contribution in [-0.4, -0.2) is 16.0 Å². The zero-order valence-electron chi connectivity index (χ0n) is 9.02. The average Bonchev–Trinajstić information content (AvgIpc) is 2.32. The quantitative estimate of drug-likeness (QED) is 0.888. The maximum absolute atomic E-state index is 11.8. The third kappa shape index (κ3) is 2.91. The van der Waals surface area contributed by atoms with E-state index in [9.17, 15) is 9.90 Å². The predicted molar refractivity (Wildman–Crippen MR) is 70.3 cm³/mol. The van der Waals surface area contributed by atoms with Gasteiger partial charge >= 0.3 is 0 Å². The fourth-order valence-corrected chi connectivity index (χ4v) is 1.79. The molecule has 6 heteroatoms. The van der Waals surface area contributed by atoms with Gasteiger partial charge in [0.15, 0.2) is 0 Å². The van der Waals surface area contributed by atoms with Gasteiger partial charge < -0.3 is 10.4 Å². The lowest BCUT2D eigenvalue weighted by molar-refractivity contribution is 0.102. The number of halogens is 2. The molecule has 0 bridgehead atoms. The Hall–Kier alpha value is -1.78. The Morgan fingerprint density at radius 3 is 2.67 bits per heavy atom. The minimum absolute atomic E-state index is 0.0788. The Morgan fingerprint density at radius 2 is 2.00 bits per heavy atom. The van der Waals surface area contributed by atoms with Gasteiger partial charge in [-0.2, -0.15) is 0 Å². The fraction of sp³-hybridized carbons (Fsp3) is 0. The number of aromatic nitrogens is 1.